The average molecular weight is 490 g/mol. The molecule has 2 saturated heterocycles. The molecule has 2 aliphatic rings. The molecule has 4 heterocycles. The molecule has 0 saturated carbocycles. The number of benzene rings is 2. The number of amides is 1. The predicted molar refractivity (Wildman–Crippen MR) is 122 cm³/mol. The van der Waals surface area contributed by atoms with E-state index in [-0.39, 0.29) is 42.8 Å². The fourth-order valence-electron chi connectivity index (χ4n) is 4.30. The van der Waals surface area contributed by atoms with E-state index in [2.05, 4.69) is 30.9 Å². The summed E-state index contributed by atoms with van der Waals surface area (Å²) in [5.41, 5.74) is 0.841. The van der Waals surface area contributed by atoms with Crippen LogP contribution in [0.3, 0.4) is 0 Å². The molecule has 2 aromatic heterocycles. The van der Waals surface area contributed by atoms with Crippen LogP contribution in [0.2, 0.25) is 0 Å². The Bertz CT molecular complexity index is 1300. The van der Waals surface area contributed by atoms with Gasteiger partial charge in [-0.2, -0.15) is 9.78 Å². The van der Waals surface area contributed by atoms with E-state index in [4.69, 9.17) is 18.9 Å². The van der Waals surface area contributed by atoms with E-state index in [1.165, 1.54) is 6.33 Å². The fraction of sp³-hybridized carbons (Fsp3) is 0.304. The Morgan fingerprint density at radius 3 is 2.67 bits per heavy atom. The number of nitrogens with one attached hydrogen (secondary N) is 1. The minimum Gasteiger partial charge on any atom is -0.484 e. The third kappa shape index (κ3) is 4.48. The van der Waals surface area contributed by atoms with Crippen LogP contribution in [0.5, 0.6) is 17.5 Å². The molecule has 0 aliphatic carbocycles. The number of carbonyl (C=O) groups excluding carboxylic acids is 1. The molecule has 184 valence electrons. The molecule has 4 aromatic rings. The lowest BCUT2D eigenvalue weighted by Gasteiger charge is -2.18. The number of carbonyl (C=O) groups is 1. The fourth-order valence-corrected chi connectivity index (χ4v) is 4.30. The molecule has 4 atom stereocenters. The van der Waals surface area contributed by atoms with Gasteiger partial charge >= 0.3 is 6.01 Å². The molecule has 36 heavy (non-hydrogen) atoms. The van der Waals surface area contributed by atoms with Gasteiger partial charge in [0.1, 0.15) is 42.4 Å². The molecular weight excluding hydrogens is 468 g/mol. The molecule has 1 N–H and O–H groups in total. The minimum absolute atomic E-state index is 0.0952. The van der Waals surface area contributed by atoms with E-state index >= 15 is 0 Å². The number of ether oxygens (including phenoxy) is 4. The lowest BCUT2D eigenvalue weighted by atomic mass is 10.1. The number of aromatic nitrogens is 7. The molecule has 2 aromatic carbocycles. The number of nitrogens with zero attached hydrogens (tertiary/aromatic N) is 7. The highest BCUT2D eigenvalue weighted by atomic mass is 16.6. The van der Waals surface area contributed by atoms with Crippen molar-refractivity contribution in [3.05, 3.63) is 67.3 Å². The maximum Gasteiger partial charge on any atom is 0.341 e. The summed E-state index contributed by atoms with van der Waals surface area (Å²) in [6.45, 7) is 0.530. The summed E-state index contributed by atoms with van der Waals surface area (Å²) in [5, 5.41) is 18.9. The van der Waals surface area contributed by atoms with Crippen molar-refractivity contribution < 1.29 is 23.7 Å². The van der Waals surface area contributed by atoms with Crippen LogP contribution in [-0.4, -0.2) is 78.9 Å². The van der Waals surface area contributed by atoms with Gasteiger partial charge in [-0.15, -0.1) is 0 Å². The molecule has 6 rings (SSSR count). The molecule has 2 fully saturated rings. The van der Waals surface area contributed by atoms with Gasteiger partial charge in [-0.3, -0.25) is 4.79 Å². The molecule has 13 nitrogen and oxygen atoms in total. The summed E-state index contributed by atoms with van der Waals surface area (Å²) in [5.74, 6) is 0.937. The van der Waals surface area contributed by atoms with Gasteiger partial charge in [0, 0.05) is 0 Å². The standard InChI is InChI=1S/C23H22N8O5/c32-20(12-33-16-4-2-1-3-5-16)26-18-10-34-22-19(11-35-21(18)22)31-23(27-28-29-31)36-17-8-6-15(7-9-17)30-14-24-13-25-30/h1-9,13-14,18-19,21-22H,10-12H2,(H,26,32)/t18-,19+,21-,22+/m1/s1. The average Bonchev–Trinajstić information content (AvgIpc) is 3.71. The first-order valence-corrected chi connectivity index (χ1v) is 11.4. The van der Waals surface area contributed by atoms with E-state index in [1.54, 1.807) is 40.0 Å². The Labute approximate surface area is 204 Å². The first-order valence-electron chi connectivity index (χ1n) is 11.4. The lowest BCUT2D eigenvalue weighted by molar-refractivity contribution is -0.124. The Morgan fingerprint density at radius 1 is 1.03 bits per heavy atom. The number of hydrogen-bond donors (Lipinski definition) is 1. The van der Waals surface area contributed by atoms with Crippen LogP contribution >= 0.6 is 0 Å². The number of fused-ring (bicyclic) bond motifs is 1. The maximum absolute atomic E-state index is 12.4. The van der Waals surface area contributed by atoms with Crippen molar-refractivity contribution in [3.8, 4) is 23.2 Å². The smallest absolute Gasteiger partial charge is 0.341 e. The van der Waals surface area contributed by atoms with Crippen molar-refractivity contribution in [2.75, 3.05) is 19.8 Å². The molecule has 1 amide bonds. The van der Waals surface area contributed by atoms with Gasteiger partial charge in [0.2, 0.25) is 0 Å². The monoisotopic (exact) mass is 490 g/mol. The minimum atomic E-state index is -0.342. The zero-order chi connectivity index (χ0) is 24.3. The zero-order valence-corrected chi connectivity index (χ0v) is 19.0. The summed E-state index contributed by atoms with van der Waals surface area (Å²) in [4.78, 5) is 16.4. The second-order valence-electron chi connectivity index (χ2n) is 8.28. The summed E-state index contributed by atoms with van der Waals surface area (Å²) < 4.78 is 26.6. The Morgan fingerprint density at radius 2 is 1.86 bits per heavy atom. The topological polar surface area (TPSA) is 140 Å². The largest absolute Gasteiger partial charge is 0.484 e. The summed E-state index contributed by atoms with van der Waals surface area (Å²) in [6, 6.07) is 16.0. The van der Waals surface area contributed by atoms with Gasteiger partial charge in [-0.25, -0.2) is 9.67 Å². The van der Waals surface area contributed by atoms with E-state index in [0.29, 0.717) is 24.7 Å². The lowest BCUT2D eigenvalue weighted by Crippen LogP contribution is -2.45. The molecule has 0 spiro atoms. The van der Waals surface area contributed by atoms with Gasteiger partial charge in [-0.05, 0) is 46.8 Å². The second kappa shape index (κ2) is 9.71. The normalized spacial score (nSPS) is 22.8. The van der Waals surface area contributed by atoms with Crippen molar-refractivity contribution in [1.82, 2.24) is 40.3 Å². The highest BCUT2D eigenvalue weighted by molar-refractivity contribution is 5.78. The first kappa shape index (κ1) is 22.1. The van der Waals surface area contributed by atoms with Crippen LogP contribution in [0.15, 0.2) is 67.3 Å². The van der Waals surface area contributed by atoms with Crippen molar-refractivity contribution in [3.63, 3.8) is 0 Å². The van der Waals surface area contributed by atoms with Crippen LogP contribution in [0.1, 0.15) is 6.04 Å². The second-order valence-corrected chi connectivity index (χ2v) is 8.28. The molecule has 0 radical (unpaired) electrons. The third-order valence-electron chi connectivity index (χ3n) is 5.99. The van der Waals surface area contributed by atoms with E-state index in [0.717, 1.165) is 5.69 Å². The summed E-state index contributed by atoms with van der Waals surface area (Å²) >= 11 is 0. The van der Waals surface area contributed by atoms with Gasteiger partial charge < -0.3 is 24.3 Å². The highest BCUT2D eigenvalue weighted by Crippen LogP contribution is 2.36. The van der Waals surface area contributed by atoms with Gasteiger partial charge in [-0.1, -0.05) is 23.3 Å². The van der Waals surface area contributed by atoms with E-state index < -0.39 is 0 Å². The van der Waals surface area contributed by atoms with E-state index in [9.17, 15) is 4.79 Å². The SMILES string of the molecule is O=C(COc1ccccc1)N[C@@H]1CO[C@@H]2[C@@H]1OC[C@@H]2n1nnnc1Oc1ccc(-n2cncn2)cc1. The third-order valence-corrected chi connectivity index (χ3v) is 5.99. The Hall–Kier alpha value is -4.36. The van der Waals surface area contributed by atoms with Gasteiger partial charge in [0.05, 0.1) is 24.9 Å². The summed E-state index contributed by atoms with van der Waals surface area (Å²) in [7, 11) is 0. The number of para-hydroxylation sites is 1. The number of hydrogen-bond acceptors (Lipinski definition) is 10. The number of rotatable bonds is 8. The van der Waals surface area contributed by atoms with Crippen molar-refractivity contribution in [2.24, 2.45) is 0 Å². The molecule has 0 unspecified atom stereocenters. The summed E-state index contributed by atoms with van der Waals surface area (Å²) in [6.07, 6.45) is 2.40. The quantitative estimate of drug-likeness (QED) is 0.379. The molecule has 2 aliphatic heterocycles. The maximum atomic E-state index is 12.4. The molecular formula is C23H22N8O5. The Kier molecular flexibility index (Phi) is 5.97. The molecule has 13 heteroatoms. The van der Waals surface area contributed by atoms with Crippen LogP contribution in [0.4, 0.5) is 0 Å². The van der Waals surface area contributed by atoms with Crippen molar-refractivity contribution in [1.29, 1.82) is 0 Å². The van der Waals surface area contributed by atoms with Gasteiger partial charge in [0.25, 0.3) is 5.91 Å². The zero-order valence-electron chi connectivity index (χ0n) is 19.0. The van der Waals surface area contributed by atoms with Crippen LogP contribution in [-0.2, 0) is 14.3 Å². The van der Waals surface area contributed by atoms with Crippen molar-refractivity contribution in [2.45, 2.75) is 24.3 Å². The highest BCUT2D eigenvalue weighted by Gasteiger charge is 2.50. The van der Waals surface area contributed by atoms with E-state index in [1.807, 2.05) is 30.3 Å². The Balaban J connectivity index is 1.07. The van der Waals surface area contributed by atoms with Gasteiger partial charge in [0.15, 0.2) is 6.61 Å². The number of tetrazole rings is 1. The predicted octanol–water partition coefficient (Wildman–Crippen LogP) is 0.949. The van der Waals surface area contributed by atoms with Crippen molar-refractivity contribution >= 4 is 5.91 Å². The van der Waals surface area contributed by atoms with Crippen LogP contribution in [0, 0.1) is 0 Å². The molecule has 0 bridgehead atoms. The van der Waals surface area contributed by atoms with Crippen LogP contribution < -0.4 is 14.8 Å². The first-order chi connectivity index (χ1) is 17.7. The van der Waals surface area contributed by atoms with Crippen LogP contribution in [0.25, 0.3) is 5.69 Å².